The summed E-state index contributed by atoms with van der Waals surface area (Å²) in [4.78, 5) is 11.9. The summed E-state index contributed by atoms with van der Waals surface area (Å²) >= 11 is 0. The third-order valence-corrected chi connectivity index (χ3v) is 3.99. The topological polar surface area (TPSA) is 47.6 Å². The molecule has 4 heteroatoms. The maximum atomic E-state index is 11.9. The lowest BCUT2D eigenvalue weighted by molar-refractivity contribution is -0.124. The van der Waals surface area contributed by atoms with E-state index in [0.717, 1.165) is 17.5 Å². The van der Waals surface area contributed by atoms with Crippen molar-refractivity contribution >= 4 is 5.91 Å². The van der Waals surface area contributed by atoms with Crippen LogP contribution < -0.4 is 14.8 Å². The Balaban J connectivity index is 1.98. The third kappa shape index (κ3) is 5.01. The van der Waals surface area contributed by atoms with Gasteiger partial charge in [0.05, 0.1) is 7.11 Å². The molecule has 0 aliphatic heterocycles. The molecule has 0 fully saturated rings. The summed E-state index contributed by atoms with van der Waals surface area (Å²) < 4.78 is 11.3. The molecule has 1 N–H and O–H groups in total. The predicted octanol–water partition coefficient (Wildman–Crippen LogP) is 3.94. The zero-order valence-electron chi connectivity index (χ0n) is 14.5. The molecule has 24 heavy (non-hydrogen) atoms. The first-order chi connectivity index (χ1) is 11.6. The van der Waals surface area contributed by atoms with Gasteiger partial charge >= 0.3 is 0 Å². The van der Waals surface area contributed by atoms with Crippen LogP contribution in [0.15, 0.2) is 48.5 Å². The highest BCUT2D eigenvalue weighted by Gasteiger charge is 2.11. The van der Waals surface area contributed by atoms with E-state index in [1.807, 2.05) is 62.4 Å². The lowest BCUT2D eigenvalue weighted by atomic mass is 10.1. The van der Waals surface area contributed by atoms with Gasteiger partial charge in [-0.2, -0.15) is 0 Å². The Kier molecular flexibility index (Phi) is 6.67. The van der Waals surface area contributed by atoms with Gasteiger partial charge < -0.3 is 14.8 Å². The third-order valence-electron chi connectivity index (χ3n) is 3.99. The van der Waals surface area contributed by atoms with Gasteiger partial charge in [0.2, 0.25) is 5.91 Å². The second-order valence-electron chi connectivity index (χ2n) is 5.79. The van der Waals surface area contributed by atoms with Gasteiger partial charge in [-0.25, -0.2) is 0 Å². The van der Waals surface area contributed by atoms with Crippen LogP contribution in [0.2, 0.25) is 0 Å². The van der Waals surface area contributed by atoms with Crippen LogP contribution in [0.5, 0.6) is 11.5 Å². The van der Waals surface area contributed by atoms with Gasteiger partial charge in [-0.1, -0.05) is 50.2 Å². The van der Waals surface area contributed by atoms with Crippen LogP contribution in [0.3, 0.4) is 0 Å². The van der Waals surface area contributed by atoms with E-state index in [2.05, 4.69) is 5.32 Å². The monoisotopic (exact) mass is 327 g/mol. The van der Waals surface area contributed by atoms with Crippen LogP contribution in [0, 0.1) is 5.92 Å². The van der Waals surface area contributed by atoms with Gasteiger partial charge in [-0.3, -0.25) is 4.79 Å². The molecule has 1 unspecified atom stereocenters. The Morgan fingerprint density at radius 2 is 1.83 bits per heavy atom. The van der Waals surface area contributed by atoms with E-state index in [4.69, 9.17) is 9.47 Å². The molecule has 128 valence electrons. The van der Waals surface area contributed by atoms with Gasteiger partial charge in [0, 0.05) is 12.5 Å². The molecular formula is C20H25NO3. The van der Waals surface area contributed by atoms with E-state index < -0.39 is 0 Å². The van der Waals surface area contributed by atoms with E-state index in [1.54, 1.807) is 7.11 Å². The van der Waals surface area contributed by atoms with Crippen molar-refractivity contribution in [2.24, 2.45) is 5.92 Å². The molecule has 0 saturated carbocycles. The normalized spacial score (nSPS) is 11.6. The molecule has 0 aromatic heterocycles. The van der Waals surface area contributed by atoms with Crippen molar-refractivity contribution in [3.05, 3.63) is 59.7 Å². The lowest BCUT2D eigenvalue weighted by Gasteiger charge is -2.14. The van der Waals surface area contributed by atoms with Gasteiger partial charge in [-0.15, -0.1) is 0 Å². The van der Waals surface area contributed by atoms with Crippen LogP contribution in [-0.4, -0.2) is 13.0 Å². The molecular weight excluding hydrogens is 302 g/mol. The fourth-order valence-corrected chi connectivity index (χ4v) is 2.23. The molecule has 2 rings (SSSR count). The molecule has 0 aliphatic carbocycles. The zero-order chi connectivity index (χ0) is 17.4. The van der Waals surface area contributed by atoms with E-state index in [1.165, 1.54) is 0 Å². The smallest absolute Gasteiger partial charge is 0.223 e. The van der Waals surface area contributed by atoms with Crippen molar-refractivity contribution in [3.63, 3.8) is 0 Å². The maximum Gasteiger partial charge on any atom is 0.223 e. The van der Waals surface area contributed by atoms with Crippen LogP contribution in [0.25, 0.3) is 0 Å². The highest BCUT2D eigenvalue weighted by atomic mass is 16.5. The van der Waals surface area contributed by atoms with E-state index in [0.29, 0.717) is 24.7 Å². The molecule has 1 atom stereocenters. The van der Waals surface area contributed by atoms with Crippen LogP contribution in [0.1, 0.15) is 31.4 Å². The van der Waals surface area contributed by atoms with Crippen molar-refractivity contribution in [1.82, 2.24) is 5.32 Å². The van der Waals surface area contributed by atoms with Gasteiger partial charge in [-0.05, 0) is 29.7 Å². The predicted molar refractivity (Wildman–Crippen MR) is 95.1 cm³/mol. The van der Waals surface area contributed by atoms with Gasteiger partial charge in [0.1, 0.15) is 6.61 Å². The zero-order valence-corrected chi connectivity index (χ0v) is 14.5. The van der Waals surface area contributed by atoms with Crippen LogP contribution in [0.4, 0.5) is 0 Å². The minimum absolute atomic E-state index is 0.0281. The minimum atomic E-state index is 0.0281. The number of carbonyl (C=O) groups excluding carboxylic acids is 1. The number of rotatable bonds is 8. The average molecular weight is 327 g/mol. The maximum absolute atomic E-state index is 11.9. The molecule has 2 aromatic carbocycles. The Labute approximate surface area is 143 Å². The van der Waals surface area contributed by atoms with Crippen molar-refractivity contribution < 1.29 is 14.3 Å². The SMILES string of the molecule is CCC(C)C(=O)NCc1ccc(OCc2ccccc2)c(OC)c1. The van der Waals surface area contributed by atoms with Crippen LogP contribution >= 0.6 is 0 Å². The van der Waals surface area contributed by atoms with Crippen molar-refractivity contribution in [2.45, 2.75) is 33.4 Å². The minimum Gasteiger partial charge on any atom is -0.493 e. The van der Waals surface area contributed by atoms with Crippen LogP contribution in [-0.2, 0) is 17.9 Å². The molecule has 0 bridgehead atoms. The molecule has 0 saturated heterocycles. The summed E-state index contributed by atoms with van der Waals surface area (Å²) in [6.07, 6.45) is 0.835. The van der Waals surface area contributed by atoms with E-state index in [9.17, 15) is 4.79 Å². The number of hydrogen-bond donors (Lipinski definition) is 1. The summed E-state index contributed by atoms with van der Waals surface area (Å²) in [5.41, 5.74) is 2.08. The molecule has 2 aromatic rings. The summed E-state index contributed by atoms with van der Waals surface area (Å²) in [5, 5.41) is 2.94. The van der Waals surface area contributed by atoms with Gasteiger partial charge in [0.15, 0.2) is 11.5 Å². The number of carbonyl (C=O) groups is 1. The summed E-state index contributed by atoms with van der Waals surface area (Å²) in [6.45, 7) is 4.91. The fraction of sp³-hybridized carbons (Fsp3) is 0.350. The van der Waals surface area contributed by atoms with Crippen molar-refractivity contribution in [3.8, 4) is 11.5 Å². The van der Waals surface area contributed by atoms with E-state index in [-0.39, 0.29) is 11.8 Å². The molecule has 0 radical (unpaired) electrons. The second kappa shape index (κ2) is 8.96. The fourth-order valence-electron chi connectivity index (χ4n) is 2.23. The van der Waals surface area contributed by atoms with Crippen molar-refractivity contribution in [1.29, 1.82) is 0 Å². The molecule has 4 nitrogen and oxygen atoms in total. The van der Waals surface area contributed by atoms with E-state index >= 15 is 0 Å². The Bertz CT molecular complexity index is 655. The molecule has 1 amide bonds. The summed E-state index contributed by atoms with van der Waals surface area (Å²) in [7, 11) is 1.62. The Hall–Kier alpha value is -2.49. The standard InChI is InChI=1S/C20H25NO3/c1-4-15(2)20(22)21-13-17-10-11-18(19(12-17)23-3)24-14-16-8-6-5-7-9-16/h5-12,15H,4,13-14H2,1-3H3,(H,21,22). The average Bonchev–Trinajstić information content (AvgIpc) is 2.64. The lowest BCUT2D eigenvalue weighted by Crippen LogP contribution is -2.28. The second-order valence-corrected chi connectivity index (χ2v) is 5.79. The quantitative estimate of drug-likeness (QED) is 0.799. The number of benzene rings is 2. The summed E-state index contributed by atoms with van der Waals surface area (Å²) in [5.74, 6) is 1.46. The Morgan fingerprint density at radius 1 is 1.08 bits per heavy atom. The first kappa shape index (κ1) is 17.9. The molecule has 0 spiro atoms. The highest BCUT2D eigenvalue weighted by molar-refractivity contribution is 5.78. The Morgan fingerprint density at radius 3 is 2.50 bits per heavy atom. The largest absolute Gasteiger partial charge is 0.493 e. The summed E-state index contributed by atoms with van der Waals surface area (Å²) in [6, 6.07) is 15.7. The van der Waals surface area contributed by atoms with Gasteiger partial charge in [0.25, 0.3) is 0 Å². The first-order valence-corrected chi connectivity index (χ1v) is 8.25. The number of hydrogen-bond acceptors (Lipinski definition) is 3. The number of nitrogens with one attached hydrogen (secondary N) is 1. The highest BCUT2D eigenvalue weighted by Crippen LogP contribution is 2.28. The molecule has 0 heterocycles. The van der Waals surface area contributed by atoms with Crippen molar-refractivity contribution in [2.75, 3.05) is 7.11 Å². The first-order valence-electron chi connectivity index (χ1n) is 8.25. The molecule has 0 aliphatic rings. The number of ether oxygens (including phenoxy) is 2. The number of methoxy groups -OCH3 is 1. The number of amides is 1.